The van der Waals surface area contributed by atoms with Gasteiger partial charge >= 0.3 is 0 Å². The van der Waals surface area contributed by atoms with Gasteiger partial charge in [-0.15, -0.1) is 5.10 Å². The van der Waals surface area contributed by atoms with Gasteiger partial charge in [-0.05, 0) is 42.5 Å². The summed E-state index contributed by atoms with van der Waals surface area (Å²) in [6.07, 6.45) is 1.48. The van der Waals surface area contributed by atoms with Crippen molar-refractivity contribution in [3.63, 3.8) is 0 Å². The minimum atomic E-state index is -0.383. The molecule has 0 aromatic heterocycles. The molecule has 1 saturated heterocycles. The Bertz CT molecular complexity index is 943. The normalized spacial score (nSPS) is 15.0. The number of amidine groups is 1. The van der Waals surface area contributed by atoms with Crippen molar-refractivity contribution in [2.24, 2.45) is 10.2 Å². The first-order valence-electron chi connectivity index (χ1n) is 7.63. The fraction of sp³-hybridized carbons (Fsp3) is 0.105. The van der Waals surface area contributed by atoms with Gasteiger partial charge in [-0.1, -0.05) is 23.6 Å². The summed E-state index contributed by atoms with van der Waals surface area (Å²) >= 11 is 1.28. The maximum Gasteiger partial charge on any atom is 0.236 e. The van der Waals surface area contributed by atoms with Crippen LogP contribution in [0.3, 0.4) is 0 Å². The summed E-state index contributed by atoms with van der Waals surface area (Å²) in [5.41, 5.74) is 1.90. The summed E-state index contributed by atoms with van der Waals surface area (Å²) in [6.45, 7) is 0. The van der Waals surface area contributed by atoms with Gasteiger partial charge in [-0.2, -0.15) is 5.10 Å². The molecular formula is C19H14FN3O2S. The van der Waals surface area contributed by atoms with E-state index in [9.17, 15) is 9.18 Å². The van der Waals surface area contributed by atoms with E-state index in [0.29, 0.717) is 22.0 Å². The maximum absolute atomic E-state index is 13.6. The third-order valence-electron chi connectivity index (χ3n) is 3.38. The molecule has 0 atom stereocenters. The van der Waals surface area contributed by atoms with Crippen molar-refractivity contribution in [1.82, 2.24) is 5.32 Å². The number of halogens is 1. The van der Waals surface area contributed by atoms with Crippen LogP contribution in [0.2, 0.25) is 0 Å². The van der Waals surface area contributed by atoms with Crippen LogP contribution >= 0.6 is 11.8 Å². The van der Waals surface area contributed by atoms with Gasteiger partial charge in [0.15, 0.2) is 5.17 Å². The highest BCUT2D eigenvalue weighted by atomic mass is 32.2. The molecule has 1 heterocycles. The molecule has 5 nitrogen and oxygen atoms in total. The molecule has 3 rings (SSSR count). The summed E-state index contributed by atoms with van der Waals surface area (Å²) < 4.78 is 18.7. The van der Waals surface area contributed by atoms with Gasteiger partial charge in [0.1, 0.15) is 11.6 Å². The zero-order chi connectivity index (χ0) is 18.4. The molecule has 2 aromatic carbocycles. The summed E-state index contributed by atoms with van der Waals surface area (Å²) in [6, 6.07) is 11.5. The molecule has 0 spiro atoms. The summed E-state index contributed by atoms with van der Waals surface area (Å²) in [5, 5.41) is 10.9. The van der Waals surface area contributed by atoms with Crippen molar-refractivity contribution < 1.29 is 13.9 Å². The Morgan fingerprint density at radius 3 is 2.73 bits per heavy atom. The van der Waals surface area contributed by atoms with Crippen molar-refractivity contribution in [1.29, 1.82) is 0 Å². The number of ether oxygens (including phenoxy) is 1. The smallest absolute Gasteiger partial charge is 0.236 e. The Labute approximate surface area is 154 Å². The maximum atomic E-state index is 13.6. The lowest BCUT2D eigenvalue weighted by Crippen LogP contribution is -2.19. The molecule has 130 valence electrons. The molecule has 7 heteroatoms. The van der Waals surface area contributed by atoms with Crippen LogP contribution in [0.4, 0.5) is 4.39 Å². The van der Waals surface area contributed by atoms with Gasteiger partial charge in [-0.25, -0.2) is 4.39 Å². The standard InChI is InChI=1S/C19H14FN3O2S/c1-25-17-8-3-13(4-9-17)2-5-14-10-16(20)7-6-15(14)11-21-23-19-22-18(24)12-26-19/h3-4,6-11H,12H2,1H3,(H,22,23,24). The van der Waals surface area contributed by atoms with Crippen LogP contribution in [0, 0.1) is 17.7 Å². The molecule has 26 heavy (non-hydrogen) atoms. The van der Waals surface area contributed by atoms with Crippen LogP contribution in [0.5, 0.6) is 5.75 Å². The van der Waals surface area contributed by atoms with Crippen LogP contribution in [-0.4, -0.2) is 30.2 Å². The lowest BCUT2D eigenvalue weighted by molar-refractivity contribution is -0.116. The second-order valence-corrected chi connectivity index (χ2v) is 6.16. The van der Waals surface area contributed by atoms with Crippen LogP contribution in [0.25, 0.3) is 0 Å². The number of benzene rings is 2. The Morgan fingerprint density at radius 1 is 1.23 bits per heavy atom. The van der Waals surface area contributed by atoms with E-state index in [4.69, 9.17) is 4.74 Å². The van der Waals surface area contributed by atoms with E-state index in [1.54, 1.807) is 13.2 Å². The number of nitrogens with zero attached hydrogens (tertiary/aromatic N) is 2. The van der Waals surface area contributed by atoms with Crippen LogP contribution in [0.1, 0.15) is 16.7 Å². The number of hydrogen-bond acceptors (Lipinski definition) is 5. The first-order chi connectivity index (χ1) is 12.6. The zero-order valence-electron chi connectivity index (χ0n) is 13.8. The van der Waals surface area contributed by atoms with E-state index in [2.05, 4.69) is 27.4 Å². The molecule has 0 bridgehead atoms. The quantitative estimate of drug-likeness (QED) is 0.515. The first kappa shape index (κ1) is 17.7. The molecule has 0 radical (unpaired) electrons. The van der Waals surface area contributed by atoms with Crippen molar-refractivity contribution in [3.05, 3.63) is 65.0 Å². The van der Waals surface area contributed by atoms with E-state index in [1.165, 1.54) is 30.1 Å². The third-order valence-corrected chi connectivity index (χ3v) is 4.24. The van der Waals surface area contributed by atoms with E-state index in [0.717, 1.165) is 11.3 Å². The van der Waals surface area contributed by atoms with Gasteiger partial charge in [-0.3, -0.25) is 4.79 Å². The highest BCUT2D eigenvalue weighted by Crippen LogP contribution is 2.13. The lowest BCUT2D eigenvalue weighted by Gasteiger charge is -1.99. The van der Waals surface area contributed by atoms with Gasteiger partial charge in [0, 0.05) is 16.7 Å². The Hall–Kier alpha value is -3.11. The van der Waals surface area contributed by atoms with Crippen molar-refractivity contribution in [2.45, 2.75) is 0 Å². The minimum absolute atomic E-state index is 0.100. The second-order valence-electron chi connectivity index (χ2n) is 5.20. The van der Waals surface area contributed by atoms with Crippen LogP contribution < -0.4 is 10.1 Å². The van der Waals surface area contributed by atoms with Gasteiger partial charge < -0.3 is 10.1 Å². The number of rotatable bonds is 3. The largest absolute Gasteiger partial charge is 0.497 e. The van der Waals surface area contributed by atoms with Crippen molar-refractivity contribution in [3.8, 4) is 17.6 Å². The summed E-state index contributed by atoms with van der Waals surface area (Å²) in [4.78, 5) is 11.1. The molecule has 2 aromatic rings. The lowest BCUT2D eigenvalue weighted by atomic mass is 10.1. The van der Waals surface area contributed by atoms with Crippen LogP contribution in [-0.2, 0) is 4.79 Å². The number of amides is 1. The summed E-state index contributed by atoms with van der Waals surface area (Å²) in [7, 11) is 1.60. The molecule has 1 fully saturated rings. The predicted molar refractivity (Wildman–Crippen MR) is 101 cm³/mol. The number of hydrogen-bond donors (Lipinski definition) is 1. The molecule has 1 aliphatic rings. The van der Waals surface area contributed by atoms with Gasteiger partial charge in [0.2, 0.25) is 5.91 Å². The van der Waals surface area contributed by atoms with E-state index in [1.807, 2.05) is 24.3 Å². The fourth-order valence-corrected chi connectivity index (χ4v) is 2.72. The van der Waals surface area contributed by atoms with Crippen molar-refractivity contribution >= 4 is 29.1 Å². The van der Waals surface area contributed by atoms with Crippen LogP contribution in [0.15, 0.2) is 52.7 Å². The number of carbonyl (C=O) groups excluding carboxylic acids is 1. The fourth-order valence-electron chi connectivity index (χ4n) is 2.09. The third kappa shape index (κ3) is 4.71. The van der Waals surface area contributed by atoms with Gasteiger partial charge in [0.05, 0.1) is 19.1 Å². The molecular weight excluding hydrogens is 353 g/mol. The van der Waals surface area contributed by atoms with E-state index in [-0.39, 0.29) is 11.7 Å². The molecule has 1 N–H and O–H groups in total. The highest BCUT2D eigenvalue weighted by Gasteiger charge is 2.15. The molecule has 0 unspecified atom stereocenters. The Morgan fingerprint density at radius 2 is 2.04 bits per heavy atom. The first-order valence-corrected chi connectivity index (χ1v) is 8.62. The zero-order valence-corrected chi connectivity index (χ0v) is 14.6. The Kier molecular flexibility index (Phi) is 5.66. The number of thioether (sulfide) groups is 1. The predicted octanol–water partition coefficient (Wildman–Crippen LogP) is 2.79. The monoisotopic (exact) mass is 367 g/mol. The second kappa shape index (κ2) is 8.32. The topological polar surface area (TPSA) is 63.1 Å². The number of methoxy groups -OCH3 is 1. The average molecular weight is 367 g/mol. The minimum Gasteiger partial charge on any atom is -0.497 e. The average Bonchev–Trinajstić information content (AvgIpc) is 3.07. The summed E-state index contributed by atoms with van der Waals surface area (Å²) in [5.74, 6) is 6.53. The number of nitrogens with one attached hydrogen (secondary N) is 1. The van der Waals surface area contributed by atoms with E-state index < -0.39 is 0 Å². The molecule has 1 amide bonds. The number of carbonyl (C=O) groups is 1. The van der Waals surface area contributed by atoms with Gasteiger partial charge in [0.25, 0.3) is 0 Å². The molecule has 0 aliphatic carbocycles. The van der Waals surface area contributed by atoms with E-state index >= 15 is 0 Å². The SMILES string of the molecule is COc1ccc(C#Cc2cc(F)ccc2C=NN=C2NC(=O)CS2)cc1. The highest BCUT2D eigenvalue weighted by molar-refractivity contribution is 8.15. The van der Waals surface area contributed by atoms with Crippen molar-refractivity contribution in [2.75, 3.05) is 12.9 Å². The Balaban J connectivity index is 1.82. The molecule has 1 aliphatic heterocycles. The molecule has 0 saturated carbocycles.